The van der Waals surface area contributed by atoms with Crippen molar-refractivity contribution >= 4 is 6.08 Å². The van der Waals surface area contributed by atoms with E-state index >= 15 is 0 Å². The van der Waals surface area contributed by atoms with E-state index < -0.39 is 0 Å². The van der Waals surface area contributed by atoms with Crippen molar-refractivity contribution in [3.05, 3.63) is 41.7 Å². The Labute approximate surface area is 104 Å². The summed E-state index contributed by atoms with van der Waals surface area (Å²) in [6.45, 7) is 0.357. The van der Waals surface area contributed by atoms with Crippen LogP contribution in [0, 0.1) is 11.3 Å². The van der Waals surface area contributed by atoms with E-state index in [4.69, 9.17) is 10.00 Å². The first kappa shape index (κ1) is 11.8. The van der Waals surface area contributed by atoms with Crippen molar-refractivity contribution < 1.29 is 4.74 Å². The van der Waals surface area contributed by atoms with E-state index in [1.165, 1.54) is 11.0 Å². The molecule has 90 valence electrons. The molecule has 0 bridgehead atoms. The molecule has 0 unspecified atom stereocenters. The fourth-order valence-electron chi connectivity index (χ4n) is 1.44. The minimum absolute atomic E-state index is 0.357. The normalized spacial score (nSPS) is 11.0. The Kier molecular flexibility index (Phi) is 3.66. The zero-order valence-electron chi connectivity index (χ0n) is 9.82. The number of hydrogen-bond acceptors (Lipinski definition) is 5. The molecule has 1 aromatic carbocycles. The lowest BCUT2D eigenvalue weighted by atomic mass is 10.1. The number of tetrazole rings is 1. The first-order valence-electron chi connectivity index (χ1n) is 5.27. The molecule has 0 N–H and O–H groups in total. The zero-order valence-corrected chi connectivity index (χ0v) is 9.82. The van der Waals surface area contributed by atoms with E-state index in [9.17, 15) is 0 Å². The van der Waals surface area contributed by atoms with Gasteiger partial charge in [0.05, 0.1) is 25.3 Å². The smallest absolute Gasteiger partial charge is 0.138 e. The summed E-state index contributed by atoms with van der Waals surface area (Å²) >= 11 is 0. The average molecular weight is 241 g/mol. The van der Waals surface area contributed by atoms with Crippen LogP contribution in [0.3, 0.4) is 0 Å². The lowest BCUT2D eigenvalue weighted by molar-refractivity contribution is 0.415. The molecule has 18 heavy (non-hydrogen) atoms. The molecule has 1 aromatic heterocycles. The fraction of sp³-hybridized carbons (Fsp3) is 0.167. The number of nitrogens with zero attached hydrogens (tertiary/aromatic N) is 5. The second-order valence-electron chi connectivity index (χ2n) is 3.56. The molecule has 2 rings (SSSR count). The molecule has 0 fully saturated rings. The van der Waals surface area contributed by atoms with Gasteiger partial charge in [0.25, 0.3) is 0 Å². The quantitative estimate of drug-likeness (QED) is 0.754. The second kappa shape index (κ2) is 5.59. The van der Waals surface area contributed by atoms with E-state index in [2.05, 4.69) is 21.6 Å². The van der Waals surface area contributed by atoms with Gasteiger partial charge < -0.3 is 4.74 Å². The standard InChI is InChI=1S/C12H11N5O/c1-18-12-4-2-10(3-5-12)6-11(7-13)8-17-9-14-15-16-17/h2-6,9H,8H2,1H3/b11-6+. The highest BCUT2D eigenvalue weighted by Crippen LogP contribution is 2.14. The van der Waals surface area contributed by atoms with Gasteiger partial charge in [-0.3, -0.25) is 0 Å². The van der Waals surface area contributed by atoms with Gasteiger partial charge in [-0.25, -0.2) is 4.68 Å². The van der Waals surface area contributed by atoms with Gasteiger partial charge in [-0.05, 0) is 34.2 Å². The van der Waals surface area contributed by atoms with E-state index in [1.54, 1.807) is 13.2 Å². The molecule has 2 aromatic rings. The third-order valence-electron chi connectivity index (χ3n) is 2.32. The van der Waals surface area contributed by atoms with Crippen molar-refractivity contribution in [3.63, 3.8) is 0 Å². The summed E-state index contributed by atoms with van der Waals surface area (Å²) in [7, 11) is 1.61. The van der Waals surface area contributed by atoms with Crippen molar-refractivity contribution in [1.82, 2.24) is 20.2 Å². The molecule has 0 spiro atoms. The summed E-state index contributed by atoms with van der Waals surface area (Å²) in [5, 5.41) is 19.8. The van der Waals surface area contributed by atoms with E-state index in [0.29, 0.717) is 12.1 Å². The minimum atomic E-state index is 0.357. The SMILES string of the molecule is COc1ccc(/C=C(\C#N)Cn2cnnn2)cc1. The van der Waals surface area contributed by atoms with Crippen molar-refractivity contribution in [2.24, 2.45) is 0 Å². The third kappa shape index (κ3) is 2.92. The van der Waals surface area contributed by atoms with Crippen molar-refractivity contribution in [1.29, 1.82) is 5.26 Å². The second-order valence-corrected chi connectivity index (χ2v) is 3.56. The molecule has 6 heteroatoms. The maximum atomic E-state index is 9.06. The Bertz CT molecular complexity index is 566. The summed E-state index contributed by atoms with van der Waals surface area (Å²) in [6, 6.07) is 9.59. The molecule has 0 saturated carbocycles. The summed E-state index contributed by atoms with van der Waals surface area (Å²) in [5.74, 6) is 0.783. The van der Waals surface area contributed by atoms with Crippen LogP contribution in [0.5, 0.6) is 5.75 Å². The highest BCUT2D eigenvalue weighted by molar-refractivity contribution is 5.57. The number of benzene rings is 1. The number of methoxy groups -OCH3 is 1. The molecule has 0 aliphatic rings. The van der Waals surface area contributed by atoms with Crippen molar-refractivity contribution in [3.8, 4) is 11.8 Å². The van der Waals surface area contributed by atoms with Gasteiger partial charge >= 0.3 is 0 Å². The predicted octanol–water partition coefficient (Wildman–Crippen LogP) is 1.29. The molecular formula is C12H11N5O. The summed E-state index contributed by atoms with van der Waals surface area (Å²) in [4.78, 5) is 0. The molecule has 0 amide bonds. The molecule has 1 heterocycles. The molecule has 0 aliphatic carbocycles. The van der Waals surface area contributed by atoms with Crippen molar-refractivity contribution in [2.45, 2.75) is 6.54 Å². The zero-order chi connectivity index (χ0) is 12.8. The molecule has 0 radical (unpaired) electrons. The van der Waals surface area contributed by atoms with Crippen molar-refractivity contribution in [2.75, 3.05) is 7.11 Å². The lowest BCUT2D eigenvalue weighted by Gasteiger charge is -2.01. The topological polar surface area (TPSA) is 76.6 Å². The van der Waals surface area contributed by atoms with E-state index in [1.807, 2.05) is 24.3 Å². The van der Waals surface area contributed by atoms with Gasteiger partial charge in [-0.2, -0.15) is 5.26 Å². The highest BCUT2D eigenvalue weighted by Gasteiger charge is 2.00. The van der Waals surface area contributed by atoms with Crippen LogP contribution >= 0.6 is 0 Å². The molecule has 6 nitrogen and oxygen atoms in total. The molecule has 0 aliphatic heterocycles. The molecular weight excluding hydrogens is 230 g/mol. The Morgan fingerprint density at radius 3 is 2.78 bits per heavy atom. The van der Waals surface area contributed by atoms with E-state index in [-0.39, 0.29) is 0 Å². The number of nitriles is 1. The van der Waals surface area contributed by atoms with Crippen LogP contribution in [-0.4, -0.2) is 27.3 Å². The Morgan fingerprint density at radius 2 is 2.22 bits per heavy atom. The monoisotopic (exact) mass is 241 g/mol. The van der Waals surface area contributed by atoms with Gasteiger partial charge in [0.2, 0.25) is 0 Å². The summed E-state index contributed by atoms with van der Waals surface area (Å²) in [6.07, 6.45) is 3.26. The van der Waals surface area contributed by atoms with E-state index in [0.717, 1.165) is 11.3 Å². The highest BCUT2D eigenvalue weighted by atomic mass is 16.5. The Morgan fingerprint density at radius 1 is 1.44 bits per heavy atom. The van der Waals surface area contributed by atoms with Crippen LogP contribution in [0.25, 0.3) is 6.08 Å². The molecule has 0 saturated heterocycles. The maximum absolute atomic E-state index is 9.06. The van der Waals surface area contributed by atoms with Gasteiger partial charge in [0, 0.05) is 0 Å². The van der Waals surface area contributed by atoms with Gasteiger partial charge in [-0.1, -0.05) is 12.1 Å². The minimum Gasteiger partial charge on any atom is -0.497 e. The van der Waals surface area contributed by atoms with Crippen LogP contribution in [0.2, 0.25) is 0 Å². The maximum Gasteiger partial charge on any atom is 0.138 e. The third-order valence-corrected chi connectivity index (χ3v) is 2.32. The summed E-state index contributed by atoms with van der Waals surface area (Å²) < 4.78 is 6.57. The first-order valence-corrected chi connectivity index (χ1v) is 5.27. The number of allylic oxidation sites excluding steroid dienone is 1. The largest absolute Gasteiger partial charge is 0.497 e. The van der Waals surface area contributed by atoms with Crippen LogP contribution in [-0.2, 0) is 6.54 Å². The van der Waals surface area contributed by atoms with Gasteiger partial charge in [0.1, 0.15) is 12.1 Å². The fourth-order valence-corrected chi connectivity index (χ4v) is 1.44. The number of ether oxygens (including phenoxy) is 1. The Balaban J connectivity index is 2.16. The predicted molar refractivity (Wildman–Crippen MR) is 64.4 cm³/mol. The van der Waals surface area contributed by atoms with Crippen LogP contribution in [0.1, 0.15) is 5.56 Å². The molecule has 0 atom stereocenters. The van der Waals surface area contributed by atoms with Gasteiger partial charge in [-0.15, -0.1) is 5.10 Å². The number of aromatic nitrogens is 4. The van der Waals surface area contributed by atoms with Crippen LogP contribution in [0.4, 0.5) is 0 Å². The Hall–Kier alpha value is -2.68. The van der Waals surface area contributed by atoms with Gasteiger partial charge in [0.15, 0.2) is 0 Å². The lowest BCUT2D eigenvalue weighted by Crippen LogP contribution is -2.00. The number of hydrogen-bond donors (Lipinski definition) is 0. The average Bonchev–Trinajstić information content (AvgIpc) is 2.91. The number of rotatable bonds is 4. The first-order chi connectivity index (χ1) is 8.81. The van der Waals surface area contributed by atoms with Crippen LogP contribution in [0.15, 0.2) is 36.2 Å². The summed E-state index contributed by atoms with van der Waals surface area (Å²) in [5.41, 5.74) is 1.51. The van der Waals surface area contributed by atoms with Crippen LogP contribution < -0.4 is 4.74 Å².